The maximum Gasteiger partial charge on any atom is 0.317 e. The summed E-state index contributed by atoms with van der Waals surface area (Å²) in [5.74, 6) is 0.560. The molecule has 3 aliphatic heterocycles. The van der Waals surface area contributed by atoms with E-state index in [-0.39, 0.29) is 12.1 Å². The number of nitrogens with one attached hydrogen (secondary N) is 2. The average Bonchev–Trinajstić information content (AvgIpc) is 2.39. The van der Waals surface area contributed by atoms with Crippen LogP contribution in [0.1, 0.15) is 25.3 Å². The first-order valence-electron chi connectivity index (χ1n) is 7.01. The van der Waals surface area contributed by atoms with Crippen LogP contribution in [0.5, 0.6) is 0 Å². The molecule has 3 fully saturated rings. The summed E-state index contributed by atoms with van der Waals surface area (Å²) in [5, 5.41) is 6.51. The minimum absolute atomic E-state index is 0.0676. The minimum atomic E-state index is 0.0676. The van der Waals surface area contributed by atoms with Crippen molar-refractivity contribution in [2.24, 2.45) is 0 Å². The number of piperidine rings is 1. The molecule has 3 heterocycles. The Kier molecular flexibility index (Phi) is 3.19. The molecule has 0 aliphatic carbocycles. The number of benzene rings is 1. The van der Waals surface area contributed by atoms with Gasteiger partial charge in [0.1, 0.15) is 0 Å². The van der Waals surface area contributed by atoms with Gasteiger partial charge in [-0.3, -0.25) is 0 Å². The fourth-order valence-electron chi connectivity index (χ4n) is 3.17. The zero-order chi connectivity index (χ0) is 13.4. The van der Waals surface area contributed by atoms with Crippen LogP contribution in [0.2, 0.25) is 0 Å². The van der Waals surface area contributed by atoms with E-state index in [1.807, 2.05) is 24.8 Å². The van der Waals surface area contributed by atoms with E-state index < -0.39 is 0 Å². The van der Waals surface area contributed by atoms with E-state index in [2.05, 4.69) is 34.9 Å². The second-order valence-electron chi connectivity index (χ2n) is 5.83. The summed E-state index contributed by atoms with van der Waals surface area (Å²) in [6.45, 7) is 5.59. The van der Waals surface area contributed by atoms with Gasteiger partial charge >= 0.3 is 6.03 Å². The molecule has 0 spiro atoms. The van der Waals surface area contributed by atoms with Gasteiger partial charge in [0, 0.05) is 37.1 Å². The lowest BCUT2D eigenvalue weighted by molar-refractivity contribution is 0.0704. The Hall–Kier alpha value is -1.55. The highest BCUT2D eigenvalue weighted by Gasteiger charge is 2.47. The van der Waals surface area contributed by atoms with Crippen molar-refractivity contribution in [3.8, 4) is 0 Å². The summed E-state index contributed by atoms with van der Waals surface area (Å²) in [4.78, 5) is 13.9. The molecule has 102 valence electrons. The van der Waals surface area contributed by atoms with Crippen LogP contribution in [-0.2, 0) is 0 Å². The smallest absolute Gasteiger partial charge is 0.317 e. The molecular formula is C15H21N3O. The number of urea groups is 1. The number of rotatable bonds is 2. The quantitative estimate of drug-likeness (QED) is 0.846. The molecular weight excluding hydrogens is 238 g/mol. The maximum absolute atomic E-state index is 12.0. The van der Waals surface area contributed by atoms with E-state index in [9.17, 15) is 4.79 Å². The van der Waals surface area contributed by atoms with Gasteiger partial charge in [0.15, 0.2) is 0 Å². The molecule has 0 aromatic heterocycles. The lowest BCUT2D eigenvalue weighted by Crippen LogP contribution is -2.73. The van der Waals surface area contributed by atoms with Crippen LogP contribution in [0.3, 0.4) is 0 Å². The Morgan fingerprint density at radius 1 is 1.26 bits per heavy atom. The highest BCUT2D eigenvalue weighted by Crippen LogP contribution is 2.36. The van der Waals surface area contributed by atoms with Gasteiger partial charge in [0.25, 0.3) is 0 Å². The van der Waals surface area contributed by atoms with Gasteiger partial charge in [0.05, 0.1) is 0 Å². The zero-order valence-electron chi connectivity index (χ0n) is 11.5. The number of hydrogen-bond acceptors (Lipinski definition) is 2. The zero-order valence-corrected chi connectivity index (χ0v) is 11.5. The summed E-state index contributed by atoms with van der Waals surface area (Å²) in [6, 6.07) is 11.7. The molecule has 4 rings (SSSR count). The van der Waals surface area contributed by atoms with Gasteiger partial charge in [-0.25, -0.2) is 4.79 Å². The first kappa shape index (κ1) is 12.5. The number of nitrogens with zero attached hydrogens (tertiary/aromatic N) is 1. The molecule has 1 aromatic rings. The molecule has 1 unspecified atom stereocenters. The fraction of sp³-hybridized carbons (Fsp3) is 0.533. The van der Waals surface area contributed by atoms with Crippen molar-refractivity contribution < 1.29 is 4.79 Å². The summed E-state index contributed by atoms with van der Waals surface area (Å²) in [6.07, 6.45) is 0. The highest BCUT2D eigenvalue weighted by atomic mass is 16.2. The number of carbonyl (C=O) groups excluding carboxylic acids is 1. The van der Waals surface area contributed by atoms with Crippen molar-refractivity contribution >= 4 is 6.03 Å². The van der Waals surface area contributed by atoms with Crippen molar-refractivity contribution in [3.63, 3.8) is 0 Å². The van der Waals surface area contributed by atoms with Crippen molar-refractivity contribution in [3.05, 3.63) is 35.9 Å². The molecule has 3 saturated heterocycles. The molecule has 19 heavy (non-hydrogen) atoms. The van der Waals surface area contributed by atoms with Crippen LogP contribution in [0, 0.1) is 0 Å². The SMILES string of the molecule is CC(C)NC(=O)N1C[C@@H]2N[C@H](C1)C2c1ccccc1. The van der Waals surface area contributed by atoms with Crippen molar-refractivity contribution in [2.45, 2.75) is 37.9 Å². The summed E-state index contributed by atoms with van der Waals surface area (Å²) >= 11 is 0. The fourth-order valence-corrected chi connectivity index (χ4v) is 3.17. The summed E-state index contributed by atoms with van der Waals surface area (Å²) in [7, 11) is 0. The number of carbonyl (C=O) groups is 1. The normalized spacial score (nSPS) is 29.0. The molecule has 2 bridgehead atoms. The minimum Gasteiger partial charge on any atom is -0.336 e. The van der Waals surface area contributed by atoms with Crippen molar-refractivity contribution in [2.75, 3.05) is 13.1 Å². The molecule has 3 aliphatic rings. The second-order valence-corrected chi connectivity index (χ2v) is 5.83. The summed E-state index contributed by atoms with van der Waals surface area (Å²) in [5.41, 5.74) is 1.39. The number of hydrogen-bond donors (Lipinski definition) is 2. The Bertz CT molecular complexity index is 448. The molecule has 4 heteroatoms. The van der Waals surface area contributed by atoms with Crippen LogP contribution in [0.15, 0.2) is 30.3 Å². The predicted octanol–water partition coefficient (Wildman–Crippen LogP) is 1.54. The first-order chi connectivity index (χ1) is 9.15. The Balaban J connectivity index is 1.64. The largest absolute Gasteiger partial charge is 0.336 e. The number of amides is 2. The molecule has 2 N–H and O–H groups in total. The topological polar surface area (TPSA) is 44.4 Å². The second kappa shape index (κ2) is 4.85. The van der Waals surface area contributed by atoms with Gasteiger partial charge in [0.2, 0.25) is 0 Å². The monoisotopic (exact) mass is 259 g/mol. The first-order valence-corrected chi connectivity index (χ1v) is 7.01. The molecule has 2 amide bonds. The van der Waals surface area contributed by atoms with Crippen LogP contribution >= 0.6 is 0 Å². The van der Waals surface area contributed by atoms with E-state index in [0.29, 0.717) is 18.0 Å². The standard InChI is InChI=1S/C15H21N3O/c1-10(2)16-15(19)18-8-12-14(13(9-18)17-12)11-6-4-3-5-7-11/h3-7,10,12-14,17H,8-9H2,1-2H3,(H,16,19)/t12-,13+,14?. The predicted molar refractivity (Wildman–Crippen MR) is 75.1 cm³/mol. The highest BCUT2D eigenvalue weighted by molar-refractivity contribution is 5.75. The molecule has 3 atom stereocenters. The van der Waals surface area contributed by atoms with E-state index in [1.165, 1.54) is 5.56 Å². The van der Waals surface area contributed by atoms with Gasteiger partial charge in [-0.05, 0) is 19.4 Å². The van der Waals surface area contributed by atoms with E-state index in [4.69, 9.17) is 0 Å². The third-order valence-corrected chi connectivity index (χ3v) is 4.01. The van der Waals surface area contributed by atoms with Crippen molar-refractivity contribution in [1.82, 2.24) is 15.5 Å². The van der Waals surface area contributed by atoms with Crippen LogP contribution in [-0.4, -0.2) is 42.1 Å². The lowest BCUT2D eigenvalue weighted by Gasteiger charge is -2.54. The van der Waals surface area contributed by atoms with Crippen molar-refractivity contribution in [1.29, 1.82) is 0 Å². The van der Waals surface area contributed by atoms with Gasteiger partial charge in [-0.1, -0.05) is 30.3 Å². The third kappa shape index (κ3) is 2.32. The van der Waals surface area contributed by atoms with Gasteiger partial charge in [-0.2, -0.15) is 0 Å². The van der Waals surface area contributed by atoms with E-state index >= 15 is 0 Å². The van der Waals surface area contributed by atoms with E-state index in [1.54, 1.807) is 0 Å². The molecule has 4 nitrogen and oxygen atoms in total. The lowest BCUT2D eigenvalue weighted by atomic mass is 9.74. The number of piperazine rings is 1. The number of fused-ring (bicyclic) bond motifs is 2. The van der Waals surface area contributed by atoms with Gasteiger partial charge in [-0.15, -0.1) is 0 Å². The average molecular weight is 259 g/mol. The Morgan fingerprint density at radius 3 is 2.47 bits per heavy atom. The Morgan fingerprint density at radius 2 is 1.89 bits per heavy atom. The van der Waals surface area contributed by atoms with E-state index in [0.717, 1.165) is 13.1 Å². The molecule has 1 aromatic carbocycles. The Labute approximate surface area is 114 Å². The molecule has 0 radical (unpaired) electrons. The summed E-state index contributed by atoms with van der Waals surface area (Å²) < 4.78 is 0. The van der Waals surface area contributed by atoms with Crippen LogP contribution in [0.25, 0.3) is 0 Å². The molecule has 0 saturated carbocycles. The van der Waals surface area contributed by atoms with Gasteiger partial charge < -0.3 is 15.5 Å². The third-order valence-electron chi connectivity index (χ3n) is 4.01. The van der Waals surface area contributed by atoms with Crippen LogP contribution in [0.4, 0.5) is 4.79 Å². The van der Waals surface area contributed by atoms with Crippen LogP contribution < -0.4 is 10.6 Å². The maximum atomic E-state index is 12.0.